The first-order valence-electron chi connectivity index (χ1n) is 6.70. The summed E-state index contributed by atoms with van der Waals surface area (Å²) in [5, 5.41) is 3.65. The number of nitrogens with one attached hydrogen (secondary N) is 1. The van der Waals surface area contributed by atoms with Crippen molar-refractivity contribution in [3.63, 3.8) is 0 Å². The minimum atomic E-state index is 0.0142. The molecule has 0 bridgehead atoms. The number of likely N-dealkylation sites (N-methyl/N-ethyl adjacent to an activating group) is 1. The predicted molar refractivity (Wildman–Crippen MR) is 95.6 cm³/mol. The molecule has 108 valence electrons. The maximum atomic E-state index is 3.70. The van der Waals surface area contributed by atoms with E-state index < -0.39 is 0 Å². The maximum absolute atomic E-state index is 3.70. The quantitative estimate of drug-likeness (QED) is 0.639. The van der Waals surface area contributed by atoms with Crippen LogP contribution in [0.3, 0.4) is 0 Å². The van der Waals surface area contributed by atoms with Crippen LogP contribution in [0.15, 0.2) is 44.0 Å². The molecule has 0 amide bonds. The monoisotopic (exact) mass is 415 g/mol. The standard InChI is InChI=1S/C16H19Br2NS/c1-4-19-14(12-10-13(17)20-15(12)18)16(2,3)11-8-6-5-7-9-11/h5-10,14,19H,4H2,1-3H3. The SMILES string of the molecule is CCNC(c1cc(Br)sc1Br)C(C)(C)c1ccccc1. The number of halogens is 2. The number of thiophene rings is 1. The molecule has 1 aromatic carbocycles. The summed E-state index contributed by atoms with van der Waals surface area (Å²) in [6.45, 7) is 7.70. The topological polar surface area (TPSA) is 12.0 Å². The second kappa shape index (κ2) is 6.73. The molecule has 20 heavy (non-hydrogen) atoms. The smallest absolute Gasteiger partial charge is 0.0758 e. The highest BCUT2D eigenvalue weighted by Gasteiger charge is 2.33. The zero-order valence-electron chi connectivity index (χ0n) is 11.9. The molecule has 2 aromatic rings. The Morgan fingerprint density at radius 3 is 2.35 bits per heavy atom. The summed E-state index contributed by atoms with van der Waals surface area (Å²) in [7, 11) is 0. The highest BCUT2D eigenvalue weighted by Crippen LogP contribution is 2.43. The van der Waals surface area contributed by atoms with Gasteiger partial charge in [0, 0.05) is 11.5 Å². The fraction of sp³-hybridized carbons (Fsp3) is 0.375. The minimum absolute atomic E-state index is 0.0142. The lowest BCUT2D eigenvalue weighted by Crippen LogP contribution is -2.37. The highest BCUT2D eigenvalue weighted by molar-refractivity contribution is 9.12. The lowest BCUT2D eigenvalue weighted by atomic mass is 9.75. The van der Waals surface area contributed by atoms with Gasteiger partial charge in [0.15, 0.2) is 0 Å². The van der Waals surface area contributed by atoms with Gasteiger partial charge in [-0.05, 0) is 55.6 Å². The summed E-state index contributed by atoms with van der Waals surface area (Å²) >= 11 is 9.02. The van der Waals surface area contributed by atoms with Crippen molar-refractivity contribution in [3.05, 3.63) is 55.1 Å². The second-order valence-electron chi connectivity index (χ2n) is 5.36. The van der Waals surface area contributed by atoms with Crippen molar-refractivity contribution < 1.29 is 0 Å². The van der Waals surface area contributed by atoms with E-state index in [2.05, 4.69) is 94.3 Å². The van der Waals surface area contributed by atoms with Crippen LogP contribution in [0.1, 0.15) is 37.9 Å². The number of hydrogen-bond donors (Lipinski definition) is 1. The summed E-state index contributed by atoms with van der Waals surface area (Å²) in [4.78, 5) is 0. The van der Waals surface area contributed by atoms with E-state index in [9.17, 15) is 0 Å². The van der Waals surface area contributed by atoms with E-state index in [-0.39, 0.29) is 11.5 Å². The van der Waals surface area contributed by atoms with Gasteiger partial charge in [-0.25, -0.2) is 0 Å². The fourth-order valence-corrected chi connectivity index (χ4v) is 5.44. The van der Waals surface area contributed by atoms with E-state index in [4.69, 9.17) is 0 Å². The van der Waals surface area contributed by atoms with Crippen molar-refractivity contribution in [1.29, 1.82) is 0 Å². The van der Waals surface area contributed by atoms with Gasteiger partial charge in [0.05, 0.1) is 7.57 Å². The Balaban J connectivity index is 2.45. The molecule has 0 aliphatic heterocycles. The first kappa shape index (κ1) is 16.2. The van der Waals surface area contributed by atoms with E-state index in [0.29, 0.717) is 0 Å². The van der Waals surface area contributed by atoms with E-state index in [1.54, 1.807) is 11.3 Å². The average molecular weight is 417 g/mol. The first-order chi connectivity index (χ1) is 9.46. The molecule has 0 aliphatic rings. The normalized spacial score (nSPS) is 13.4. The Morgan fingerprint density at radius 2 is 1.85 bits per heavy atom. The third-order valence-corrected chi connectivity index (χ3v) is 6.03. The molecule has 2 rings (SSSR count). The molecule has 1 N–H and O–H groups in total. The largest absolute Gasteiger partial charge is 0.309 e. The van der Waals surface area contributed by atoms with Crippen LogP contribution >= 0.6 is 43.2 Å². The van der Waals surface area contributed by atoms with Crippen molar-refractivity contribution in [3.8, 4) is 0 Å². The van der Waals surface area contributed by atoms with Crippen LogP contribution in [-0.4, -0.2) is 6.54 Å². The van der Waals surface area contributed by atoms with Crippen LogP contribution < -0.4 is 5.32 Å². The predicted octanol–water partition coefficient (Wildman–Crippen LogP) is 5.90. The van der Waals surface area contributed by atoms with Crippen molar-refractivity contribution in [2.75, 3.05) is 6.54 Å². The Kier molecular flexibility index (Phi) is 5.46. The lowest BCUT2D eigenvalue weighted by molar-refractivity contribution is 0.353. The Bertz CT molecular complexity index is 563. The van der Waals surface area contributed by atoms with Gasteiger partial charge in [-0.2, -0.15) is 0 Å². The first-order valence-corrected chi connectivity index (χ1v) is 9.10. The highest BCUT2D eigenvalue weighted by atomic mass is 79.9. The van der Waals surface area contributed by atoms with Gasteiger partial charge in [0.1, 0.15) is 0 Å². The molecule has 1 nitrogen and oxygen atoms in total. The van der Waals surface area contributed by atoms with Gasteiger partial charge in [-0.1, -0.05) is 51.1 Å². The van der Waals surface area contributed by atoms with Gasteiger partial charge >= 0.3 is 0 Å². The molecule has 1 aromatic heterocycles. The van der Waals surface area contributed by atoms with E-state index >= 15 is 0 Å². The molecule has 0 saturated heterocycles. The minimum Gasteiger partial charge on any atom is -0.309 e. The summed E-state index contributed by atoms with van der Waals surface area (Å²) in [5.41, 5.74) is 2.68. The second-order valence-corrected chi connectivity index (χ2v) is 9.11. The van der Waals surface area contributed by atoms with Crippen molar-refractivity contribution >= 4 is 43.2 Å². The fourth-order valence-electron chi connectivity index (χ4n) is 2.54. The summed E-state index contributed by atoms with van der Waals surface area (Å²) in [6, 6.07) is 13.2. The van der Waals surface area contributed by atoms with Crippen molar-refractivity contribution in [2.24, 2.45) is 0 Å². The van der Waals surface area contributed by atoms with Gasteiger partial charge in [0.2, 0.25) is 0 Å². The molecule has 0 fully saturated rings. The third-order valence-electron chi connectivity index (χ3n) is 3.64. The third kappa shape index (κ3) is 3.35. The van der Waals surface area contributed by atoms with Gasteiger partial charge in [-0.3, -0.25) is 0 Å². The van der Waals surface area contributed by atoms with E-state index in [1.807, 2.05) is 0 Å². The number of benzene rings is 1. The van der Waals surface area contributed by atoms with E-state index in [1.165, 1.54) is 14.9 Å². The average Bonchev–Trinajstić information content (AvgIpc) is 2.75. The zero-order valence-corrected chi connectivity index (χ0v) is 15.9. The molecule has 1 heterocycles. The van der Waals surface area contributed by atoms with Crippen molar-refractivity contribution in [2.45, 2.75) is 32.2 Å². The molecule has 0 spiro atoms. The summed E-state index contributed by atoms with van der Waals surface area (Å²) in [6.07, 6.45) is 0. The van der Waals surface area contributed by atoms with E-state index in [0.717, 1.165) is 10.3 Å². The maximum Gasteiger partial charge on any atom is 0.0758 e. The Labute approximate surface area is 142 Å². The van der Waals surface area contributed by atoms with Gasteiger partial charge in [0.25, 0.3) is 0 Å². The number of rotatable bonds is 5. The molecular weight excluding hydrogens is 398 g/mol. The molecule has 0 radical (unpaired) electrons. The van der Waals surface area contributed by atoms with Gasteiger partial charge < -0.3 is 5.32 Å². The Hall–Kier alpha value is -0.160. The van der Waals surface area contributed by atoms with Gasteiger partial charge in [-0.15, -0.1) is 11.3 Å². The molecule has 1 atom stereocenters. The van der Waals surface area contributed by atoms with Crippen LogP contribution in [0.2, 0.25) is 0 Å². The summed E-state index contributed by atoms with van der Waals surface area (Å²) < 4.78 is 2.35. The summed E-state index contributed by atoms with van der Waals surface area (Å²) in [5.74, 6) is 0. The molecular formula is C16H19Br2NS. The lowest BCUT2D eigenvalue weighted by Gasteiger charge is -2.35. The van der Waals surface area contributed by atoms with Crippen LogP contribution in [0.25, 0.3) is 0 Å². The molecule has 0 saturated carbocycles. The molecule has 4 heteroatoms. The number of hydrogen-bond acceptors (Lipinski definition) is 2. The van der Waals surface area contributed by atoms with Crippen molar-refractivity contribution in [1.82, 2.24) is 5.32 Å². The van der Waals surface area contributed by atoms with Crippen LogP contribution in [0.4, 0.5) is 0 Å². The van der Waals surface area contributed by atoms with Crippen LogP contribution in [0, 0.1) is 0 Å². The molecule has 1 unspecified atom stereocenters. The molecule has 0 aliphatic carbocycles. The Morgan fingerprint density at radius 1 is 1.20 bits per heavy atom. The zero-order chi connectivity index (χ0) is 14.8. The van der Waals surface area contributed by atoms with Crippen LogP contribution in [0.5, 0.6) is 0 Å². The van der Waals surface area contributed by atoms with Crippen LogP contribution in [-0.2, 0) is 5.41 Å².